The number of nitrogens with one attached hydrogen (secondary N) is 1. The lowest BCUT2D eigenvalue weighted by molar-refractivity contribution is -0.947. The van der Waals surface area contributed by atoms with Crippen LogP contribution in [0.2, 0.25) is 10.0 Å². The number of hydrogen-bond donors (Lipinski definition) is 1. The van der Waals surface area contributed by atoms with E-state index in [1.807, 2.05) is 6.92 Å². The minimum atomic E-state index is -0.308. The number of likely N-dealkylation sites (tertiary alicyclic amines) is 1. The smallest absolute Gasteiger partial charge is 0.312 e. The van der Waals surface area contributed by atoms with Crippen molar-refractivity contribution in [2.45, 2.75) is 38.6 Å². The van der Waals surface area contributed by atoms with Crippen LogP contribution in [0.4, 0.5) is 10.1 Å². The van der Waals surface area contributed by atoms with E-state index in [1.54, 1.807) is 35.3 Å². The summed E-state index contributed by atoms with van der Waals surface area (Å²) in [5, 5.41) is 7.53. The molecule has 5 nitrogen and oxygen atoms in total. The van der Waals surface area contributed by atoms with E-state index < -0.39 is 0 Å². The van der Waals surface area contributed by atoms with Gasteiger partial charge in [-0.15, -0.1) is 0 Å². The van der Waals surface area contributed by atoms with E-state index in [1.165, 1.54) is 18.6 Å². The Kier molecular flexibility index (Phi) is 8.64. The molecule has 178 valence electrons. The minimum absolute atomic E-state index is 0. The average Bonchev–Trinajstić information content (AvgIpc) is 3.14. The second-order valence-electron chi connectivity index (χ2n) is 8.78. The van der Waals surface area contributed by atoms with Crippen molar-refractivity contribution in [1.82, 2.24) is 5.43 Å². The molecule has 1 N–H and O–H groups in total. The van der Waals surface area contributed by atoms with Gasteiger partial charge in [-0.2, -0.15) is 10.5 Å². The Balaban J connectivity index is 0.00000306. The summed E-state index contributed by atoms with van der Waals surface area (Å²) in [7, 11) is 2.05. The lowest BCUT2D eigenvalue weighted by atomic mass is 9.87. The Hall–Kier alpha value is -1.42. The third-order valence-electron chi connectivity index (χ3n) is 6.43. The van der Waals surface area contributed by atoms with E-state index in [-0.39, 0.29) is 47.7 Å². The van der Waals surface area contributed by atoms with E-state index in [9.17, 15) is 9.18 Å². The number of anilines is 1. The van der Waals surface area contributed by atoms with Crippen molar-refractivity contribution in [3.05, 3.63) is 63.9 Å². The number of rotatable bonds is 5. The molecule has 2 aromatic carbocycles. The summed E-state index contributed by atoms with van der Waals surface area (Å²) in [6.07, 6.45) is 4.06. The number of carbonyl (C=O) groups is 1. The Morgan fingerprint density at radius 2 is 1.82 bits per heavy atom. The number of nitrogens with zero attached hydrogens (tertiary/aromatic N) is 3. The molecule has 0 spiro atoms. The molecule has 4 rings (SSSR count). The van der Waals surface area contributed by atoms with Gasteiger partial charge in [0, 0.05) is 10.9 Å². The molecule has 33 heavy (non-hydrogen) atoms. The first-order chi connectivity index (χ1) is 15.3. The van der Waals surface area contributed by atoms with Crippen LogP contribution in [-0.4, -0.2) is 36.3 Å². The minimum Gasteiger partial charge on any atom is -1.00 e. The summed E-state index contributed by atoms with van der Waals surface area (Å²) < 4.78 is 14.2. The lowest BCUT2D eigenvalue weighted by Gasteiger charge is -2.36. The van der Waals surface area contributed by atoms with Crippen LogP contribution >= 0.6 is 23.2 Å². The molecule has 0 aromatic heterocycles. The summed E-state index contributed by atoms with van der Waals surface area (Å²) in [5.74, 6) is -0.651. The van der Waals surface area contributed by atoms with Gasteiger partial charge in [0.25, 0.3) is 0 Å². The van der Waals surface area contributed by atoms with Crippen LogP contribution in [0.3, 0.4) is 0 Å². The predicted molar refractivity (Wildman–Crippen MR) is 127 cm³/mol. The molecule has 0 radical (unpaired) electrons. The van der Waals surface area contributed by atoms with Gasteiger partial charge in [0.05, 0.1) is 23.8 Å². The average molecular weight is 605 g/mol. The summed E-state index contributed by atoms with van der Waals surface area (Å²) in [6, 6.07) is 11.3. The number of hydrazone groups is 1. The SMILES string of the molecule is CC[C@@H]1C(C(=O)N[N+]2(C)CCCCC2)=NN(c2ccc(Cl)cc2Cl)[C@@H]1c1ccc(F)cc1.[I-]. The fraction of sp³-hybridized carbons (Fsp3) is 0.417. The molecule has 0 bridgehead atoms. The number of quaternary nitrogens is 1. The zero-order chi connectivity index (χ0) is 22.9. The molecule has 2 heterocycles. The molecule has 0 saturated carbocycles. The van der Waals surface area contributed by atoms with E-state index in [2.05, 4.69) is 12.5 Å². The molecule has 0 unspecified atom stereocenters. The van der Waals surface area contributed by atoms with E-state index >= 15 is 0 Å². The number of halogens is 4. The molecule has 9 heteroatoms. The maximum atomic E-state index is 13.6. The summed E-state index contributed by atoms with van der Waals surface area (Å²) in [5.41, 5.74) is 5.20. The van der Waals surface area contributed by atoms with Crippen LogP contribution in [-0.2, 0) is 4.79 Å². The molecular weight excluding hydrogens is 577 g/mol. The molecule has 1 amide bonds. The molecule has 1 fully saturated rings. The highest BCUT2D eigenvalue weighted by atomic mass is 127. The Morgan fingerprint density at radius 3 is 2.42 bits per heavy atom. The summed E-state index contributed by atoms with van der Waals surface area (Å²) in [4.78, 5) is 13.4. The maximum absolute atomic E-state index is 13.6. The molecule has 1 saturated heterocycles. The van der Waals surface area contributed by atoms with Gasteiger partial charge in [0.1, 0.15) is 24.6 Å². The van der Waals surface area contributed by atoms with Crippen LogP contribution < -0.4 is 34.4 Å². The number of carbonyl (C=O) groups excluding carboxylic acids is 1. The van der Waals surface area contributed by atoms with E-state index in [0.29, 0.717) is 32.5 Å². The number of hydrogen-bond acceptors (Lipinski definition) is 3. The molecular formula is C24H28Cl2FIN4O. The van der Waals surface area contributed by atoms with Gasteiger partial charge in [0.15, 0.2) is 0 Å². The first-order valence-electron chi connectivity index (χ1n) is 11.1. The lowest BCUT2D eigenvalue weighted by Crippen LogP contribution is -3.00. The van der Waals surface area contributed by atoms with Gasteiger partial charge >= 0.3 is 5.91 Å². The van der Waals surface area contributed by atoms with Crippen molar-refractivity contribution in [3.8, 4) is 0 Å². The quantitative estimate of drug-likeness (QED) is 0.421. The highest BCUT2D eigenvalue weighted by Crippen LogP contribution is 2.43. The highest BCUT2D eigenvalue weighted by molar-refractivity contribution is 6.40. The van der Waals surface area contributed by atoms with Gasteiger partial charge in [-0.05, 0) is 61.6 Å². The van der Waals surface area contributed by atoms with Crippen molar-refractivity contribution in [2.75, 3.05) is 25.1 Å². The third-order valence-corrected chi connectivity index (χ3v) is 6.96. The number of benzene rings is 2. The largest absolute Gasteiger partial charge is 1.00 e. The van der Waals surface area contributed by atoms with Crippen molar-refractivity contribution >= 4 is 40.5 Å². The molecule has 2 atom stereocenters. The van der Waals surface area contributed by atoms with Gasteiger partial charge in [-0.1, -0.05) is 42.3 Å². The van der Waals surface area contributed by atoms with Crippen LogP contribution in [0.5, 0.6) is 0 Å². The standard InChI is InChI=1S/C24H27Cl2FN4O.HI/c1-3-19-22(24(32)29-31(2)13-5-4-6-14-31)28-30(21-12-9-17(25)15-20(21)26)23(19)16-7-10-18(27)11-8-16;/h7-12,15,19,23H,3-6,13-14H2,1-2H3;1H/t19-,23-;/m1./s1. The van der Waals surface area contributed by atoms with Crippen LogP contribution in [0.25, 0.3) is 0 Å². The normalized spacial score (nSPS) is 21.8. The first kappa shape index (κ1) is 26.2. The molecule has 0 aliphatic carbocycles. The van der Waals surface area contributed by atoms with Crippen LogP contribution in [0.15, 0.2) is 47.6 Å². The van der Waals surface area contributed by atoms with Crippen LogP contribution in [0.1, 0.15) is 44.2 Å². The monoisotopic (exact) mass is 604 g/mol. The van der Waals surface area contributed by atoms with Crippen molar-refractivity contribution in [1.29, 1.82) is 0 Å². The van der Waals surface area contributed by atoms with Crippen molar-refractivity contribution in [3.63, 3.8) is 0 Å². The fourth-order valence-corrected chi connectivity index (χ4v) is 5.23. The molecule has 2 aliphatic rings. The second kappa shape index (κ2) is 10.9. The summed E-state index contributed by atoms with van der Waals surface area (Å²) in [6.45, 7) is 3.85. The number of piperidine rings is 1. The van der Waals surface area contributed by atoms with Gasteiger partial charge < -0.3 is 24.0 Å². The zero-order valence-corrected chi connectivity index (χ0v) is 22.4. The fourth-order valence-electron chi connectivity index (χ4n) is 4.73. The molecule has 2 aliphatic heterocycles. The summed E-state index contributed by atoms with van der Waals surface area (Å²) >= 11 is 12.6. The van der Waals surface area contributed by atoms with Crippen LogP contribution in [0, 0.1) is 11.7 Å². The molecule has 2 aromatic rings. The maximum Gasteiger partial charge on any atom is 0.312 e. The van der Waals surface area contributed by atoms with Gasteiger partial charge in [-0.25, -0.2) is 8.98 Å². The second-order valence-corrected chi connectivity index (χ2v) is 9.63. The van der Waals surface area contributed by atoms with E-state index in [0.717, 1.165) is 31.5 Å². The zero-order valence-electron chi connectivity index (χ0n) is 18.7. The van der Waals surface area contributed by atoms with Gasteiger partial charge in [0.2, 0.25) is 0 Å². The predicted octanol–water partition coefficient (Wildman–Crippen LogP) is 2.74. The Morgan fingerprint density at radius 1 is 1.15 bits per heavy atom. The Bertz CT molecular complexity index is 1030. The Labute approximate surface area is 221 Å². The third kappa shape index (κ3) is 5.63. The van der Waals surface area contributed by atoms with E-state index in [4.69, 9.17) is 28.3 Å². The van der Waals surface area contributed by atoms with Crippen molar-refractivity contribution < 1.29 is 37.8 Å². The number of amides is 1. The topological polar surface area (TPSA) is 44.7 Å². The van der Waals surface area contributed by atoms with Crippen molar-refractivity contribution in [2.24, 2.45) is 11.0 Å². The highest BCUT2D eigenvalue weighted by Gasteiger charge is 2.43. The first-order valence-corrected chi connectivity index (χ1v) is 11.8. The van der Waals surface area contributed by atoms with Gasteiger partial charge in [-0.3, -0.25) is 9.80 Å².